The van der Waals surface area contributed by atoms with Crippen molar-refractivity contribution in [1.29, 1.82) is 0 Å². The smallest absolute Gasteiger partial charge is 0.236 e. The molecular weight excluding hydrogens is 188 g/mol. The summed E-state index contributed by atoms with van der Waals surface area (Å²) < 4.78 is 0. The predicted molar refractivity (Wildman–Crippen MR) is 62.4 cm³/mol. The Bertz CT molecular complexity index is 220. The van der Waals surface area contributed by atoms with Crippen molar-refractivity contribution < 1.29 is 4.79 Å². The molecule has 3 heteroatoms. The molecule has 0 aromatic carbocycles. The lowest BCUT2D eigenvalue weighted by atomic mass is 9.64. The van der Waals surface area contributed by atoms with Crippen LogP contribution in [0.2, 0.25) is 0 Å². The summed E-state index contributed by atoms with van der Waals surface area (Å²) in [5.41, 5.74) is 5.89. The number of hydrogen-bond donors (Lipinski definition) is 2. The minimum absolute atomic E-state index is 0.0231. The van der Waals surface area contributed by atoms with E-state index >= 15 is 0 Å². The second-order valence-electron chi connectivity index (χ2n) is 5.46. The van der Waals surface area contributed by atoms with E-state index in [9.17, 15) is 4.79 Å². The average Bonchev–Trinajstić information content (AvgIpc) is 2.08. The second kappa shape index (κ2) is 4.97. The van der Waals surface area contributed by atoms with E-state index in [1.165, 1.54) is 25.7 Å². The highest BCUT2D eigenvalue weighted by Crippen LogP contribution is 2.45. The van der Waals surface area contributed by atoms with Crippen molar-refractivity contribution in [2.75, 3.05) is 6.54 Å². The molecule has 1 saturated carbocycles. The molecule has 0 aromatic heterocycles. The Morgan fingerprint density at radius 3 is 2.33 bits per heavy atom. The number of nitrogens with two attached hydrogens (primary N) is 1. The molecule has 0 saturated heterocycles. The lowest BCUT2D eigenvalue weighted by molar-refractivity contribution is -0.123. The highest BCUT2D eigenvalue weighted by Gasteiger charge is 2.37. The molecule has 1 amide bonds. The monoisotopic (exact) mass is 212 g/mol. The Balaban J connectivity index is 2.37. The summed E-state index contributed by atoms with van der Waals surface area (Å²) in [6, 6.07) is -0.388. The van der Waals surface area contributed by atoms with Crippen LogP contribution in [0.1, 0.15) is 46.5 Å². The normalized spacial score (nSPS) is 20.9. The van der Waals surface area contributed by atoms with Crippen LogP contribution in [0.15, 0.2) is 0 Å². The van der Waals surface area contributed by atoms with E-state index in [2.05, 4.69) is 19.2 Å². The van der Waals surface area contributed by atoms with Gasteiger partial charge in [-0.1, -0.05) is 20.3 Å². The maximum absolute atomic E-state index is 11.4. The SMILES string of the molecule is CC(C)CC1(CNC(=O)C(C)N)CCC1. The van der Waals surface area contributed by atoms with E-state index in [1.54, 1.807) is 6.92 Å². The summed E-state index contributed by atoms with van der Waals surface area (Å²) in [6.45, 7) is 7.03. The van der Waals surface area contributed by atoms with Crippen LogP contribution in [0.25, 0.3) is 0 Å². The van der Waals surface area contributed by atoms with Gasteiger partial charge in [0.15, 0.2) is 0 Å². The van der Waals surface area contributed by atoms with Gasteiger partial charge in [0, 0.05) is 6.54 Å². The number of hydrogen-bond acceptors (Lipinski definition) is 2. The maximum atomic E-state index is 11.4. The molecule has 0 aromatic rings. The van der Waals surface area contributed by atoms with Crippen molar-refractivity contribution in [2.24, 2.45) is 17.1 Å². The molecule has 88 valence electrons. The summed E-state index contributed by atoms with van der Waals surface area (Å²) in [4.78, 5) is 11.4. The van der Waals surface area contributed by atoms with Crippen LogP contribution in [-0.4, -0.2) is 18.5 Å². The van der Waals surface area contributed by atoms with Gasteiger partial charge in [-0.15, -0.1) is 0 Å². The van der Waals surface area contributed by atoms with Crippen molar-refractivity contribution >= 4 is 5.91 Å². The fourth-order valence-electron chi connectivity index (χ4n) is 2.43. The fraction of sp³-hybridized carbons (Fsp3) is 0.917. The molecule has 3 N–H and O–H groups in total. The molecule has 1 aliphatic rings. The first-order valence-corrected chi connectivity index (χ1v) is 5.98. The summed E-state index contributed by atoms with van der Waals surface area (Å²) in [5.74, 6) is 0.683. The van der Waals surface area contributed by atoms with Gasteiger partial charge in [-0.2, -0.15) is 0 Å². The Labute approximate surface area is 92.8 Å². The zero-order valence-electron chi connectivity index (χ0n) is 10.2. The number of carbonyl (C=O) groups is 1. The first-order chi connectivity index (χ1) is 6.95. The van der Waals surface area contributed by atoms with E-state index in [-0.39, 0.29) is 11.9 Å². The quantitative estimate of drug-likeness (QED) is 0.728. The average molecular weight is 212 g/mol. The van der Waals surface area contributed by atoms with Crippen LogP contribution in [0.5, 0.6) is 0 Å². The Kier molecular flexibility index (Phi) is 4.14. The Morgan fingerprint density at radius 2 is 2.00 bits per heavy atom. The minimum Gasteiger partial charge on any atom is -0.354 e. The van der Waals surface area contributed by atoms with E-state index in [4.69, 9.17) is 5.73 Å². The second-order valence-corrected chi connectivity index (χ2v) is 5.46. The molecule has 1 atom stereocenters. The molecule has 1 rings (SSSR count). The molecule has 1 aliphatic carbocycles. The fourth-order valence-corrected chi connectivity index (χ4v) is 2.43. The van der Waals surface area contributed by atoms with Gasteiger partial charge in [-0.3, -0.25) is 4.79 Å². The first kappa shape index (κ1) is 12.5. The highest BCUT2D eigenvalue weighted by molar-refractivity contribution is 5.80. The summed E-state index contributed by atoms with van der Waals surface area (Å²) in [6.07, 6.45) is 5.03. The zero-order valence-corrected chi connectivity index (χ0v) is 10.2. The first-order valence-electron chi connectivity index (χ1n) is 5.98. The lowest BCUT2D eigenvalue weighted by Gasteiger charge is -2.43. The third kappa shape index (κ3) is 3.49. The molecule has 0 radical (unpaired) electrons. The third-order valence-electron chi connectivity index (χ3n) is 3.31. The third-order valence-corrected chi connectivity index (χ3v) is 3.31. The van der Waals surface area contributed by atoms with Crippen molar-refractivity contribution in [3.63, 3.8) is 0 Å². The van der Waals surface area contributed by atoms with Crippen LogP contribution in [0.3, 0.4) is 0 Å². The minimum atomic E-state index is -0.388. The molecule has 15 heavy (non-hydrogen) atoms. The molecular formula is C12H24N2O. The molecule has 0 spiro atoms. The van der Waals surface area contributed by atoms with Crippen LogP contribution in [-0.2, 0) is 4.79 Å². The lowest BCUT2D eigenvalue weighted by Crippen LogP contribution is -2.47. The molecule has 1 unspecified atom stereocenters. The number of amides is 1. The summed E-state index contributed by atoms with van der Waals surface area (Å²) in [5, 5.41) is 2.97. The Morgan fingerprint density at radius 1 is 1.40 bits per heavy atom. The van der Waals surface area contributed by atoms with Gasteiger partial charge in [-0.25, -0.2) is 0 Å². The van der Waals surface area contributed by atoms with Gasteiger partial charge in [0.25, 0.3) is 0 Å². The van der Waals surface area contributed by atoms with E-state index < -0.39 is 0 Å². The van der Waals surface area contributed by atoms with Gasteiger partial charge < -0.3 is 11.1 Å². The predicted octanol–water partition coefficient (Wildman–Crippen LogP) is 1.67. The molecule has 0 aliphatic heterocycles. The van der Waals surface area contributed by atoms with Crippen LogP contribution >= 0.6 is 0 Å². The standard InChI is InChI=1S/C12H24N2O/c1-9(2)7-12(5-4-6-12)8-14-11(15)10(3)13/h9-10H,4-8,13H2,1-3H3,(H,14,15). The summed E-state index contributed by atoms with van der Waals surface area (Å²) >= 11 is 0. The molecule has 0 heterocycles. The topological polar surface area (TPSA) is 55.1 Å². The maximum Gasteiger partial charge on any atom is 0.236 e. The van der Waals surface area contributed by atoms with E-state index in [0.29, 0.717) is 11.3 Å². The molecule has 0 bridgehead atoms. The largest absolute Gasteiger partial charge is 0.354 e. The number of nitrogens with one attached hydrogen (secondary N) is 1. The highest BCUT2D eigenvalue weighted by atomic mass is 16.2. The number of rotatable bonds is 5. The van der Waals surface area contributed by atoms with Gasteiger partial charge >= 0.3 is 0 Å². The van der Waals surface area contributed by atoms with Crippen LogP contribution < -0.4 is 11.1 Å². The van der Waals surface area contributed by atoms with Crippen molar-refractivity contribution in [3.05, 3.63) is 0 Å². The van der Waals surface area contributed by atoms with Crippen molar-refractivity contribution in [3.8, 4) is 0 Å². The number of carbonyl (C=O) groups excluding carboxylic acids is 1. The van der Waals surface area contributed by atoms with Gasteiger partial charge in [0.1, 0.15) is 0 Å². The van der Waals surface area contributed by atoms with Crippen LogP contribution in [0.4, 0.5) is 0 Å². The van der Waals surface area contributed by atoms with Crippen molar-refractivity contribution in [1.82, 2.24) is 5.32 Å². The van der Waals surface area contributed by atoms with E-state index in [1.807, 2.05) is 0 Å². The van der Waals surface area contributed by atoms with Gasteiger partial charge in [-0.05, 0) is 37.5 Å². The Hall–Kier alpha value is -0.570. The molecule has 3 nitrogen and oxygen atoms in total. The molecule has 1 fully saturated rings. The van der Waals surface area contributed by atoms with E-state index in [0.717, 1.165) is 6.54 Å². The van der Waals surface area contributed by atoms with Gasteiger partial charge in [0.05, 0.1) is 6.04 Å². The zero-order chi connectivity index (χ0) is 11.5. The van der Waals surface area contributed by atoms with Crippen LogP contribution in [0, 0.1) is 11.3 Å². The summed E-state index contributed by atoms with van der Waals surface area (Å²) in [7, 11) is 0. The van der Waals surface area contributed by atoms with Crippen molar-refractivity contribution in [2.45, 2.75) is 52.5 Å². The van der Waals surface area contributed by atoms with Gasteiger partial charge in [0.2, 0.25) is 5.91 Å².